The number of rotatable bonds is 4. The molecule has 1 aromatic rings. The smallest absolute Gasteiger partial charge is 0.308 e. The van der Waals surface area contributed by atoms with Crippen molar-refractivity contribution in [1.29, 1.82) is 0 Å². The second kappa shape index (κ2) is 5.18. The molecule has 2 saturated carbocycles. The molecule has 5 atom stereocenters. The number of hydrogen-bond acceptors (Lipinski definition) is 5. The van der Waals surface area contributed by atoms with Gasteiger partial charge in [0.15, 0.2) is 11.5 Å². The van der Waals surface area contributed by atoms with Gasteiger partial charge in [0.2, 0.25) is 0 Å². The molecule has 0 heterocycles. The Bertz CT molecular complexity index is 695. The number of carbonyl (C=O) groups excluding carboxylic acids is 3. The molecule has 0 aliphatic heterocycles. The van der Waals surface area contributed by atoms with E-state index in [2.05, 4.69) is 0 Å². The van der Waals surface area contributed by atoms with E-state index < -0.39 is 11.4 Å². The van der Waals surface area contributed by atoms with E-state index in [1.807, 2.05) is 13.8 Å². The van der Waals surface area contributed by atoms with Crippen molar-refractivity contribution in [2.24, 2.45) is 23.2 Å². The van der Waals surface area contributed by atoms with Crippen LogP contribution in [0.3, 0.4) is 0 Å². The summed E-state index contributed by atoms with van der Waals surface area (Å²) in [7, 11) is 1.49. The van der Waals surface area contributed by atoms with Crippen molar-refractivity contribution in [3.8, 4) is 11.5 Å². The molecule has 0 spiro atoms. The predicted molar refractivity (Wildman–Crippen MR) is 82.4 cm³/mol. The molecule has 0 unspecified atom stereocenters. The third kappa shape index (κ3) is 2.02. The molecule has 0 radical (unpaired) electrons. The minimum absolute atomic E-state index is 0.0293. The number of fused-ring (bicyclic) bond motifs is 1. The van der Waals surface area contributed by atoms with Gasteiger partial charge in [0.05, 0.1) is 7.11 Å². The maximum Gasteiger partial charge on any atom is 0.308 e. The van der Waals surface area contributed by atoms with E-state index in [-0.39, 0.29) is 29.5 Å². The molecule has 0 N–H and O–H groups in total. The lowest BCUT2D eigenvalue weighted by Crippen LogP contribution is -2.22. The molecule has 122 valence electrons. The predicted octanol–water partition coefficient (Wildman–Crippen LogP) is 2.37. The van der Waals surface area contributed by atoms with Crippen LogP contribution in [0.1, 0.15) is 32.3 Å². The van der Waals surface area contributed by atoms with Crippen LogP contribution in [0.2, 0.25) is 0 Å². The van der Waals surface area contributed by atoms with Crippen molar-refractivity contribution in [2.75, 3.05) is 7.11 Å². The second-order valence-electron chi connectivity index (χ2n) is 6.56. The quantitative estimate of drug-likeness (QED) is 0.484. The highest BCUT2D eigenvalue weighted by molar-refractivity contribution is 5.99. The summed E-state index contributed by atoms with van der Waals surface area (Å²) >= 11 is 0. The van der Waals surface area contributed by atoms with Crippen molar-refractivity contribution in [2.45, 2.75) is 26.7 Å². The Morgan fingerprint density at radius 3 is 2.43 bits per heavy atom. The molecule has 23 heavy (non-hydrogen) atoms. The first-order chi connectivity index (χ1) is 10.9. The summed E-state index contributed by atoms with van der Waals surface area (Å²) in [6.45, 7) is 5.19. The van der Waals surface area contributed by atoms with Gasteiger partial charge in [0.25, 0.3) is 0 Å². The van der Waals surface area contributed by atoms with Crippen LogP contribution >= 0.6 is 0 Å². The summed E-state index contributed by atoms with van der Waals surface area (Å²) in [6.07, 6.45) is 0.959. The van der Waals surface area contributed by atoms with E-state index in [1.54, 1.807) is 18.2 Å². The van der Waals surface area contributed by atoms with E-state index in [1.165, 1.54) is 14.0 Å². The standard InChI is InChI=1S/C18H20O5/c1-9-10(2)18(8-19)15(16(18)17(9)21)12-5-6-13(23-11(3)20)14(7-12)22-4/h5-10,15-16H,1-4H3/t9-,10-,15-,16+,18+/m0/s1. The Kier molecular flexibility index (Phi) is 3.54. The number of hydrogen-bond donors (Lipinski definition) is 0. The lowest BCUT2D eigenvalue weighted by atomic mass is 9.82. The Morgan fingerprint density at radius 1 is 1.22 bits per heavy atom. The largest absolute Gasteiger partial charge is 0.493 e. The number of methoxy groups -OCH3 is 1. The Hall–Kier alpha value is -2.17. The Morgan fingerprint density at radius 2 is 1.91 bits per heavy atom. The van der Waals surface area contributed by atoms with Gasteiger partial charge in [-0.2, -0.15) is 0 Å². The lowest BCUT2D eigenvalue weighted by molar-refractivity contribution is -0.132. The van der Waals surface area contributed by atoms with Gasteiger partial charge < -0.3 is 14.3 Å². The van der Waals surface area contributed by atoms with E-state index in [0.717, 1.165) is 11.8 Å². The average molecular weight is 316 g/mol. The highest BCUT2D eigenvalue weighted by Crippen LogP contribution is 2.74. The highest BCUT2D eigenvalue weighted by Gasteiger charge is 2.76. The van der Waals surface area contributed by atoms with E-state index in [4.69, 9.17) is 9.47 Å². The lowest BCUT2D eigenvalue weighted by Gasteiger charge is -2.21. The van der Waals surface area contributed by atoms with Gasteiger partial charge in [0.1, 0.15) is 12.1 Å². The van der Waals surface area contributed by atoms with Gasteiger partial charge in [0, 0.05) is 30.1 Å². The average Bonchev–Trinajstić information content (AvgIpc) is 3.17. The summed E-state index contributed by atoms with van der Waals surface area (Å²) in [6, 6.07) is 5.22. The number of aldehydes is 1. The Balaban J connectivity index is 1.97. The number of esters is 1. The number of benzene rings is 1. The molecule has 0 saturated heterocycles. The molecule has 5 nitrogen and oxygen atoms in total. The summed E-state index contributed by atoms with van der Waals surface area (Å²) < 4.78 is 10.4. The highest BCUT2D eigenvalue weighted by atomic mass is 16.6. The van der Waals surface area contributed by atoms with Crippen molar-refractivity contribution in [3.63, 3.8) is 0 Å². The SMILES string of the molecule is COc1cc([C@H]2[C@@H]3C(=O)[C@@H](C)[C@H](C)[C@@]32C=O)ccc1OC(C)=O. The topological polar surface area (TPSA) is 69.7 Å². The number of carbonyl (C=O) groups is 3. The fourth-order valence-corrected chi connectivity index (χ4v) is 4.22. The Labute approximate surface area is 135 Å². The maximum atomic E-state index is 12.4. The number of ether oxygens (including phenoxy) is 2. The van der Waals surface area contributed by atoms with Crippen LogP contribution in [-0.4, -0.2) is 25.1 Å². The number of Topliss-reactive ketones (excluding diaryl/α,β-unsaturated/α-hetero) is 1. The molecule has 2 aliphatic carbocycles. The van der Waals surface area contributed by atoms with Crippen LogP contribution in [0.5, 0.6) is 11.5 Å². The van der Waals surface area contributed by atoms with Crippen LogP contribution in [-0.2, 0) is 14.4 Å². The van der Waals surface area contributed by atoms with Crippen molar-refractivity contribution >= 4 is 18.0 Å². The molecule has 1 aromatic carbocycles. The third-order valence-corrected chi connectivity index (χ3v) is 5.60. The maximum absolute atomic E-state index is 12.4. The summed E-state index contributed by atoms with van der Waals surface area (Å²) in [5.74, 6) is 0.0943. The third-order valence-electron chi connectivity index (χ3n) is 5.60. The molecule has 3 rings (SSSR count). The van der Waals surface area contributed by atoms with Gasteiger partial charge in [-0.3, -0.25) is 9.59 Å². The normalized spacial score (nSPS) is 34.7. The zero-order chi connectivity index (χ0) is 16.9. The van der Waals surface area contributed by atoms with Crippen LogP contribution < -0.4 is 9.47 Å². The fraction of sp³-hybridized carbons (Fsp3) is 0.500. The summed E-state index contributed by atoms with van der Waals surface area (Å²) in [5, 5.41) is 0. The van der Waals surface area contributed by atoms with Gasteiger partial charge in [-0.15, -0.1) is 0 Å². The minimum Gasteiger partial charge on any atom is -0.493 e. The molecular weight excluding hydrogens is 296 g/mol. The number of ketones is 1. The minimum atomic E-state index is -0.593. The fourth-order valence-electron chi connectivity index (χ4n) is 4.22. The summed E-state index contributed by atoms with van der Waals surface area (Å²) in [4.78, 5) is 35.3. The molecule has 0 aromatic heterocycles. The molecule has 2 aliphatic rings. The second-order valence-corrected chi connectivity index (χ2v) is 6.56. The molecule has 0 bridgehead atoms. The van der Waals surface area contributed by atoms with Gasteiger partial charge in [-0.05, 0) is 23.6 Å². The molecule has 0 amide bonds. The van der Waals surface area contributed by atoms with E-state index >= 15 is 0 Å². The first-order valence-electron chi connectivity index (χ1n) is 7.74. The monoisotopic (exact) mass is 316 g/mol. The van der Waals surface area contributed by atoms with Gasteiger partial charge in [-0.1, -0.05) is 19.9 Å². The first kappa shape index (κ1) is 15.7. The zero-order valence-electron chi connectivity index (χ0n) is 13.7. The first-order valence-corrected chi connectivity index (χ1v) is 7.74. The van der Waals surface area contributed by atoms with Crippen molar-refractivity contribution < 1.29 is 23.9 Å². The molecule has 5 heteroatoms. The van der Waals surface area contributed by atoms with Crippen LogP contribution in [0.15, 0.2) is 18.2 Å². The van der Waals surface area contributed by atoms with Crippen LogP contribution in [0.25, 0.3) is 0 Å². The zero-order valence-corrected chi connectivity index (χ0v) is 13.7. The van der Waals surface area contributed by atoms with Crippen molar-refractivity contribution in [3.05, 3.63) is 23.8 Å². The van der Waals surface area contributed by atoms with Crippen LogP contribution in [0.4, 0.5) is 0 Å². The van der Waals surface area contributed by atoms with Crippen molar-refractivity contribution in [1.82, 2.24) is 0 Å². The van der Waals surface area contributed by atoms with Gasteiger partial charge >= 0.3 is 5.97 Å². The van der Waals surface area contributed by atoms with E-state index in [9.17, 15) is 14.4 Å². The van der Waals surface area contributed by atoms with Crippen LogP contribution in [0, 0.1) is 23.2 Å². The van der Waals surface area contributed by atoms with E-state index in [0.29, 0.717) is 11.5 Å². The van der Waals surface area contributed by atoms with Gasteiger partial charge in [-0.25, -0.2) is 0 Å². The summed E-state index contributed by atoms with van der Waals surface area (Å²) in [5.41, 5.74) is 0.284. The molecular formula is C18H20O5. The molecule has 2 fully saturated rings.